The third kappa shape index (κ3) is 4.00. The molecule has 0 bridgehead atoms. The minimum atomic E-state index is -0.222. The highest BCUT2D eigenvalue weighted by atomic mass is 16.5. The second kappa shape index (κ2) is 8.03. The van der Waals surface area contributed by atoms with Crippen LogP contribution in [0, 0.1) is 0 Å². The van der Waals surface area contributed by atoms with Gasteiger partial charge in [0.2, 0.25) is 0 Å². The highest BCUT2D eigenvalue weighted by Gasteiger charge is 2.12. The van der Waals surface area contributed by atoms with E-state index < -0.39 is 0 Å². The van der Waals surface area contributed by atoms with Gasteiger partial charge in [0.25, 0.3) is 5.56 Å². The summed E-state index contributed by atoms with van der Waals surface area (Å²) in [6.45, 7) is 2.17. The number of aryl methyl sites for hydroxylation is 2. The quantitative estimate of drug-likeness (QED) is 0.627. The maximum Gasteiger partial charge on any atom is 0.306 e. The molecule has 1 aromatic carbocycles. The van der Waals surface area contributed by atoms with Crippen molar-refractivity contribution >= 4 is 16.7 Å². The van der Waals surface area contributed by atoms with Crippen molar-refractivity contribution in [2.24, 2.45) is 7.05 Å². The topological polar surface area (TPSA) is 70.4 Å². The van der Waals surface area contributed by atoms with Gasteiger partial charge in [0.05, 0.1) is 19.1 Å². The fourth-order valence-electron chi connectivity index (χ4n) is 3.10. The van der Waals surface area contributed by atoms with Gasteiger partial charge in [0.15, 0.2) is 0 Å². The second-order valence-corrected chi connectivity index (χ2v) is 6.25. The number of carbonyl (C=O) groups is 1. The van der Waals surface area contributed by atoms with Crippen molar-refractivity contribution in [1.29, 1.82) is 0 Å². The maximum absolute atomic E-state index is 12.4. The zero-order chi connectivity index (χ0) is 19.4. The van der Waals surface area contributed by atoms with Gasteiger partial charge >= 0.3 is 5.97 Å². The van der Waals surface area contributed by atoms with Crippen molar-refractivity contribution in [3.05, 3.63) is 58.8 Å². The Labute approximate surface area is 157 Å². The first-order valence-corrected chi connectivity index (χ1v) is 8.80. The van der Waals surface area contributed by atoms with E-state index in [1.807, 2.05) is 30.5 Å². The summed E-state index contributed by atoms with van der Waals surface area (Å²) >= 11 is 0. The average molecular weight is 366 g/mol. The molecule has 0 aliphatic heterocycles. The molecular formula is C21H22N2O4. The molecular weight excluding hydrogens is 344 g/mol. The molecule has 0 N–H and O–H groups in total. The van der Waals surface area contributed by atoms with Crippen LogP contribution in [-0.2, 0) is 23.0 Å². The maximum atomic E-state index is 12.4. The molecule has 0 spiro atoms. The molecule has 0 fully saturated rings. The molecule has 2 heterocycles. The molecule has 0 amide bonds. The third-order valence-corrected chi connectivity index (χ3v) is 4.42. The highest BCUT2D eigenvalue weighted by Crippen LogP contribution is 2.30. The van der Waals surface area contributed by atoms with Gasteiger partial charge in [-0.3, -0.25) is 14.6 Å². The van der Waals surface area contributed by atoms with Crippen LogP contribution < -0.4 is 10.3 Å². The lowest BCUT2D eigenvalue weighted by molar-refractivity contribution is -0.143. The van der Waals surface area contributed by atoms with E-state index >= 15 is 0 Å². The SMILES string of the molecule is CCOC(=O)CCc1cc(OC)cc(-c2cn(C)c(=O)c3cnccc23)c1. The lowest BCUT2D eigenvalue weighted by atomic mass is 9.98. The molecule has 27 heavy (non-hydrogen) atoms. The van der Waals surface area contributed by atoms with Crippen molar-refractivity contribution in [2.45, 2.75) is 19.8 Å². The van der Waals surface area contributed by atoms with Crippen LogP contribution in [0.3, 0.4) is 0 Å². The van der Waals surface area contributed by atoms with Crippen LogP contribution in [0.25, 0.3) is 21.9 Å². The summed E-state index contributed by atoms with van der Waals surface area (Å²) in [6.07, 6.45) is 5.93. The summed E-state index contributed by atoms with van der Waals surface area (Å²) in [6, 6.07) is 7.69. The Balaban J connectivity index is 2.08. The van der Waals surface area contributed by atoms with Gasteiger partial charge in [0.1, 0.15) is 5.75 Å². The molecule has 0 unspecified atom stereocenters. The minimum absolute atomic E-state index is 0.0905. The van der Waals surface area contributed by atoms with E-state index in [-0.39, 0.29) is 11.5 Å². The predicted molar refractivity (Wildman–Crippen MR) is 104 cm³/mol. The molecule has 140 valence electrons. The lowest BCUT2D eigenvalue weighted by Gasteiger charge is -2.13. The van der Waals surface area contributed by atoms with E-state index in [4.69, 9.17) is 9.47 Å². The van der Waals surface area contributed by atoms with Crippen molar-refractivity contribution < 1.29 is 14.3 Å². The van der Waals surface area contributed by atoms with Gasteiger partial charge in [-0.1, -0.05) is 6.07 Å². The first-order valence-electron chi connectivity index (χ1n) is 8.80. The van der Waals surface area contributed by atoms with Crippen LogP contribution >= 0.6 is 0 Å². The van der Waals surface area contributed by atoms with Crippen molar-refractivity contribution in [3.63, 3.8) is 0 Å². The van der Waals surface area contributed by atoms with Crippen LogP contribution in [0.5, 0.6) is 5.75 Å². The molecule has 0 aliphatic rings. The second-order valence-electron chi connectivity index (χ2n) is 6.25. The monoisotopic (exact) mass is 366 g/mol. The molecule has 0 aliphatic carbocycles. The van der Waals surface area contributed by atoms with Gasteiger partial charge < -0.3 is 14.0 Å². The van der Waals surface area contributed by atoms with Crippen LogP contribution in [0.2, 0.25) is 0 Å². The van der Waals surface area contributed by atoms with E-state index in [9.17, 15) is 9.59 Å². The number of ether oxygens (including phenoxy) is 2. The fourth-order valence-corrected chi connectivity index (χ4v) is 3.10. The normalized spacial score (nSPS) is 10.8. The minimum Gasteiger partial charge on any atom is -0.497 e. The Morgan fingerprint density at radius 2 is 2.04 bits per heavy atom. The van der Waals surface area contributed by atoms with Gasteiger partial charge in [-0.2, -0.15) is 0 Å². The molecule has 0 atom stereocenters. The summed E-state index contributed by atoms with van der Waals surface area (Å²) < 4.78 is 12.0. The van der Waals surface area contributed by atoms with Crippen LogP contribution in [0.1, 0.15) is 18.9 Å². The first kappa shape index (κ1) is 18.6. The Kier molecular flexibility index (Phi) is 5.54. The molecule has 6 nitrogen and oxygen atoms in total. The number of esters is 1. The zero-order valence-corrected chi connectivity index (χ0v) is 15.7. The Morgan fingerprint density at radius 1 is 1.22 bits per heavy atom. The number of rotatable bonds is 6. The summed E-state index contributed by atoms with van der Waals surface area (Å²) in [4.78, 5) is 28.1. The van der Waals surface area contributed by atoms with Crippen LogP contribution in [0.15, 0.2) is 47.7 Å². The smallest absolute Gasteiger partial charge is 0.306 e. The van der Waals surface area contributed by atoms with Crippen molar-refractivity contribution in [3.8, 4) is 16.9 Å². The number of benzene rings is 1. The molecule has 6 heteroatoms. The summed E-state index contributed by atoms with van der Waals surface area (Å²) in [7, 11) is 3.33. The molecule has 0 saturated carbocycles. The number of aromatic nitrogens is 2. The van der Waals surface area contributed by atoms with E-state index in [1.165, 1.54) is 0 Å². The van der Waals surface area contributed by atoms with Crippen LogP contribution in [0.4, 0.5) is 0 Å². The van der Waals surface area contributed by atoms with Crippen LogP contribution in [-0.4, -0.2) is 29.2 Å². The Morgan fingerprint density at radius 3 is 2.78 bits per heavy atom. The molecule has 2 aromatic heterocycles. The van der Waals surface area contributed by atoms with E-state index in [2.05, 4.69) is 4.98 Å². The average Bonchev–Trinajstić information content (AvgIpc) is 2.69. The van der Waals surface area contributed by atoms with Gasteiger partial charge in [0, 0.05) is 37.6 Å². The van der Waals surface area contributed by atoms with Crippen molar-refractivity contribution in [1.82, 2.24) is 9.55 Å². The zero-order valence-electron chi connectivity index (χ0n) is 15.7. The number of hydrogen-bond acceptors (Lipinski definition) is 5. The lowest BCUT2D eigenvalue weighted by Crippen LogP contribution is -2.16. The highest BCUT2D eigenvalue weighted by molar-refractivity contribution is 5.95. The number of hydrogen-bond donors (Lipinski definition) is 0. The molecule has 0 saturated heterocycles. The molecule has 3 rings (SSSR count). The number of carbonyl (C=O) groups excluding carboxylic acids is 1. The largest absolute Gasteiger partial charge is 0.497 e. The third-order valence-electron chi connectivity index (χ3n) is 4.42. The standard InChI is InChI=1S/C21H22N2O4/c1-4-27-20(24)6-5-14-9-15(11-16(10-14)26-3)19-13-23(2)21(25)18-12-22-8-7-17(18)19/h7-13H,4-6H2,1-3H3. The number of pyridine rings is 2. The fraction of sp³-hybridized carbons (Fsp3) is 0.286. The molecule has 0 radical (unpaired) electrons. The van der Waals surface area contributed by atoms with E-state index in [0.717, 1.165) is 22.1 Å². The van der Waals surface area contributed by atoms with E-state index in [0.29, 0.717) is 30.6 Å². The number of methoxy groups -OCH3 is 1. The van der Waals surface area contributed by atoms with Gasteiger partial charge in [-0.25, -0.2) is 0 Å². The summed E-state index contributed by atoms with van der Waals surface area (Å²) in [5.74, 6) is 0.475. The van der Waals surface area contributed by atoms with Gasteiger partial charge in [-0.15, -0.1) is 0 Å². The number of nitrogens with zero attached hydrogens (tertiary/aromatic N) is 2. The Hall–Kier alpha value is -3.15. The van der Waals surface area contributed by atoms with E-state index in [1.54, 1.807) is 38.0 Å². The number of fused-ring (bicyclic) bond motifs is 1. The predicted octanol–water partition coefficient (Wildman–Crippen LogP) is 3.10. The first-order chi connectivity index (χ1) is 13.0. The Bertz CT molecular complexity index is 1040. The summed E-state index contributed by atoms with van der Waals surface area (Å²) in [5.41, 5.74) is 2.70. The van der Waals surface area contributed by atoms with Crippen molar-refractivity contribution in [2.75, 3.05) is 13.7 Å². The molecule has 3 aromatic rings. The summed E-state index contributed by atoms with van der Waals surface area (Å²) in [5, 5.41) is 1.39. The van der Waals surface area contributed by atoms with Gasteiger partial charge in [-0.05, 0) is 48.1 Å².